The predicted octanol–water partition coefficient (Wildman–Crippen LogP) is 2.13. The van der Waals surface area contributed by atoms with E-state index >= 15 is 0 Å². The number of hydrogen-bond donors (Lipinski definition) is 0. The highest BCUT2D eigenvalue weighted by Crippen LogP contribution is 2.16. The van der Waals surface area contributed by atoms with Gasteiger partial charge in [-0.1, -0.05) is 12.1 Å². The molecule has 0 bridgehead atoms. The van der Waals surface area contributed by atoms with E-state index in [2.05, 4.69) is 0 Å². The zero-order valence-corrected chi connectivity index (χ0v) is 6.79. The summed E-state index contributed by atoms with van der Waals surface area (Å²) in [6, 6.07) is 6.24. The summed E-state index contributed by atoms with van der Waals surface area (Å²) in [7, 11) is 0. The van der Waals surface area contributed by atoms with E-state index in [0.717, 1.165) is 0 Å². The Kier molecular flexibility index (Phi) is 2.65. The zero-order valence-electron chi connectivity index (χ0n) is 6.79. The normalized spacial score (nSPS) is 9.08. The summed E-state index contributed by atoms with van der Waals surface area (Å²) >= 11 is 0. The maximum absolute atomic E-state index is 13.0. The van der Waals surface area contributed by atoms with E-state index < -0.39 is 0 Å². The monoisotopic (exact) mass is 164 g/mol. The number of rotatable bonds is 2. The molecule has 1 aromatic carbocycles. The lowest BCUT2D eigenvalue weighted by Gasteiger charge is -2.12. The molecular formula is C9H9FN2. The second-order valence-corrected chi connectivity index (χ2v) is 2.30. The van der Waals surface area contributed by atoms with Crippen LogP contribution >= 0.6 is 0 Å². The third kappa shape index (κ3) is 1.54. The summed E-state index contributed by atoms with van der Waals surface area (Å²) in [4.78, 5) is 1.30. The SMILES string of the molecule is CCN(C#N)c1ccccc1F. The molecule has 0 saturated heterocycles. The van der Waals surface area contributed by atoms with Crippen molar-refractivity contribution in [2.75, 3.05) is 11.4 Å². The van der Waals surface area contributed by atoms with Gasteiger partial charge in [0.25, 0.3) is 0 Å². The van der Waals surface area contributed by atoms with Gasteiger partial charge in [-0.25, -0.2) is 4.39 Å². The number of hydrogen-bond acceptors (Lipinski definition) is 2. The first-order chi connectivity index (χ1) is 5.79. The van der Waals surface area contributed by atoms with Gasteiger partial charge in [0, 0.05) is 6.54 Å². The highest BCUT2D eigenvalue weighted by atomic mass is 19.1. The van der Waals surface area contributed by atoms with Crippen molar-refractivity contribution in [3.63, 3.8) is 0 Å². The Morgan fingerprint density at radius 1 is 1.50 bits per heavy atom. The molecule has 1 aromatic rings. The molecule has 0 spiro atoms. The number of benzene rings is 1. The number of nitrogens with zero attached hydrogens (tertiary/aromatic N) is 2. The molecular weight excluding hydrogens is 155 g/mol. The Balaban J connectivity index is 3.02. The highest BCUT2D eigenvalue weighted by Gasteiger charge is 2.06. The van der Waals surface area contributed by atoms with Crippen LogP contribution < -0.4 is 4.90 Å². The van der Waals surface area contributed by atoms with Gasteiger partial charge in [0.2, 0.25) is 0 Å². The van der Waals surface area contributed by atoms with Crippen molar-refractivity contribution in [1.29, 1.82) is 5.26 Å². The van der Waals surface area contributed by atoms with Crippen molar-refractivity contribution in [1.82, 2.24) is 0 Å². The van der Waals surface area contributed by atoms with Crippen LogP contribution in [0.3, 0.4) is 0 Å². The summed E-state index contributed by atoms with van der Waals surface area (Å²) in [5.74, 6) is -0.360. The topological polar surface area (TPSA) is 27.0 Å². The van der Waals surface area contributed by atoms with E-state index in [1.165, 1.54) is 11.0 Å². The standard InChI is InChI=1S/C9H9FN2/c1-2-12(7-11)9-6-4-3-5-8(9)10/h3-6H,2H2,1H3. The van der Waals surface area contributed by atoms with Crippen molar-refractivity contribution >= 4 is 5.69 Å². The van der Waals surface area contributed by atoms with E-state index in [1.807, 2.05) is 6.19 Å². The third-order valence-electron chi connectivity index (χ3n) is 1.58. The largest absolute Gasteiger partial charge is 0.277 e. The first kappa shape index (κ1) is 8.54. The molecule has 3 heteroatoms. The molecule has 1 rings (SSSR count). The van der Waals surface area contributed by atoms with E-state index in [9.17, 15) is 4.39 Å². The summed E-state index contributed by atoms with van der Waals surface area (Å²) < 4.78 is 13.0. The van der Waals surface area contributed by atoms with Gasteiger partial charge in [-0.2, -0.15) is 5.26 Å². The first-order valence-electron chi connectivity index (χ1n) is 3.71. The molecule has 0 fully saturated rings. The predicted molar refractivity (Wildman–Crippen MR) is 45.0 cm³/mol. The smallest absolute Gasteiger partial charge is 0.184 e. The van der Waals surface area contributed by atoms with Crippen LogP contribution in [0.25, 0.3) is 0 Å². The summed E-state index contributed by atoms with van der Waals surface area (Å²) in [6.07, 6.45) is 1.90. The molecule has 12 heavy (non-hydrogen) atoms. The average Bonchev–Trinajstić information content (AvgIpc) is 2.10. The molecule has 2 nitrogen and oxygen atoms in total. The number of anilines is 1. The Morgan fingerprint density at radius 3 is 2.67 bits per heavy atom. The van der Waals surface area contributed by atoms with Crippen LogP contribution in [0.5, 0.6) is 0 Å². The molecule has 0 amide bonds. The molecule has 0 unspecified atom stereocenters. The van der Waals surface area contributed by atoms with Crippen LogP contribution in [-0.4, -0.2) is 6.54 Å². The average molecular weight is 164 g/mol. The van der Waals surface area contributed by atoms with Crippen molar-refractivity contribution in [2.45, 2.75) is 6.92 Å². The molecule has 0 heterocycles. The fraction of sp³-hybridized carbons (Fsp3) is 0.222. The zero-order chi connectivity index (χ0) is 8.97. The van der Waals surface area contributed by atoms with Gasteiger partial charge in [0.05, 0.1) is 5.69 Å². The quantitative estimate of drug-likeness (QED) is 0.494. The van der Waals surface area contributed by atoms with Gasteiger partial charge in [-0.15, -0.1) is 0 Å². The molecule has 0 aliphatic rings. The molecule has 0 saturated carbocycles. The molecule has 0 N–H and O–H groups in total. The molecule has 62 valence electrons. The third-order valence-corrected chi connectivity index (χ3v) is 1.58. The van der Waals surface area contributed by atoms with Crippen LogP contribution in [-0.2, 0) is 0 Å². The van der Waals surface area contributed by atoms with Gasteiger partial charge < -0.3 is 0 Å². The maximum atomic E-state index is 13.0. The van der Waals surface area contributed by atoms with Gasteiger partial charge in [0.1, 0.15) is 5.82 Å². The molecule has 0 aliphatic heterocycles. The molecule has 0 aliphatic carbocycles. The summed E-state index contributed by atoms with van der Waals surface area (Å²) in [5, 5.41) is 8.61. The highest BCUT2D eigenvalue weighted by molar-refractivity contribution is 5.50. The number of halogens is 1. The van der Waals surface area contributed by atoms with Crippen molar-refractivity contribution in [3.8, 4) is 6.19 Å². The fourth-order valence-electron chi connectivity index (χ4n) is 0.966. The minimum atomic E-state index is -0.360. The van der Waals surface area contributed by atoms with E-state index in [-0.39, 0.29) is 5.82 Å². The first-order valence-corrected chi connectivity index (χ1v) is 3.71. The van der Waals surface area contributed by atoms with Gasteiger partial charge in [0.15, 0.2) is 6.19 Å². The molecule has 0 radical (unpaired) electrons. The van der Waals surface area contributed by atoms with E-state index in [4.69, 9.17) is 5.26 Å². The minimum Gasteiger partial charge on any atom is -0.277 e. The van der Waals surface area contributed by atoms with Gasteiger partial charge in [-0.05, 0) is 19.1 Å². The van der Waals surface area contributed by atoms with E-state index in [1.54, 1.807) is 25.1 Å². The van der Waals surface area contributed by atoms with Crippen LogP contribution in [0.4, 0.5) is 10.1 Å². The second kappa shape index (κ2) is 3.72. The van der Waals surface area contributed by atoms with Crippen molar-refractivity contribution < 1.29 is 4.39 Å². The van der Waals surface area contributed by atoms with Crippen molar-refractivity contribution in [2.24, 2.45) is 0 Å². The van der Waals surface area contributed by atoms with Gasteiger partial charge in [-0.3, -0.25) is 4.90 Å². The Hall–Kier alpha value is -1.56. The lowest BCUT2D eigenvalue weighted by atomic mass is 10.3. The maximum Gasteiger partial charge on any atom is 0.184 e. The van der Waals surface area contributed by atoms with Crippen LogP contribution in [0.15, 0.2) is 24.3 Å². The lowest BCUT2D eigenvalue weighted by molar-refractivity contribution is 0.626. The fourth-order valence-corrected chi connectivity index (χ4v) is 0.966. The van der Waals surface area contributed by atoms with Crippen molar-refractivity contribution in [3.05, 3.63) is 30.1 Å². The molecule has 0 aromatic heterocycles. The minimum absolute atomic E-state index is 0.336. The lowest BCUT2D eigenvalue weighted by Crippen LogP contribution is -2.16. The number of para-hydroxylation sites is 1. The summed E-state index contributed by atoms with van der Waals surface area (Å²) in [5.41, 5.74) is 0.336. The molecule has 0 atom stereocenters. The Morgan fingerprint density at radius 2 is 2.17 bits per heavy atom. The Bertz CT molecular complexity index is 304. The summed E-state index contributed by atoms with van der Waals surface area (Å²) in [6.45, 7) is 2.28. The van der Waals surface area contributed by atoms with Crippen LogP contribution in [0.1, 0.15) is 6.92 Å². The number of nitriles is 1. The van der Waals surface area contributed by atoms with E-state index in [0.29, 0.717) is 12.2 Å². The second-order valence-electron chi connectivity index (χ2n) is 2.30. The van der Waals surface area contributed by atoms with Gasteiger partial charge >= 0.3 is 0 Å². The Labute approximate surface area is 70.8 Å². The van der Waals surface area contributed by atoms with Crippen LogP contribution in [0.2, 0.25) is 0 Å². The van der Waals surface area contributed by atoms with Crippen LogP contribution in [0, 0.1) is 17.3 Å².